The van der Waals surface area contributed by atoms with Gasteiger partial charge in [-0.1, -0.05) is 36.4 Å². The third-order valence-electron chi connectivity index (χ3n) is 4.72. The number of hydrogen-bond donors (Lipinski definition) is 1. The fourth-order valence-corrected chi connectivity index (χ4v) is 4.17. The van der Waals surface area contributed by atoms with Gasteiger partial charge in [-0.15, -0.1) is 11.3 Å². The molecule has 1 fully saturated rings. The molecule has 0 amide bonds. The normalized spacial score (nSPS) is 19.7. The Morgan fingerprint density at radius 3 is 2.78 bits per heavy atom. The van der Waals surface area contributed by atoms with Crippen molar-refractivity contribution in [3.63, 3.8) is 0 Å². The maximum absolute atomic E-state index is 5.74. The van der Waals surface area contributed by atoms with E-state index in [1.165, 1.54) is 10.4 Å². The van der Waals surface area contributed by atoms with E-state index in [0.717, 1.165) is 32.2 Å². The minimum absolute atomic E-state index is 0.279. The lowest BCUT2D eigenvalue weighted by Gasteiger charge is -2.37. The average Bonchev–Trinajstić information content (AvgIpc) is 3.19. The van der Waals surface area contributed by atoms with E-state index in [4.69, 9.17) is 9.73 Å². The maximum Gasteiger partial charge on any atom is 0.193 e. The second kappa shape index (κ2) is 9.88. The quantitative estimate of drug-likeness (QED) is 0.611. The number of nitrogens with zero attached hydrogens (tertiary/aromatic N) is 3. The molecule has 27 heavy (non-hydrogen) atoms. The number of nitrogens with one attached hydrogen (secondary N) is 1. The Labute approximate surface area is 166 Å². The summed E-state index contributed by atoms with van der Waals surface area (Å²) in [4.78, 5) is 10.8. The third kappa shape index (κ3) is 5.79. The predicted octanol–water partition coefficient (Wildman–Crippen LogP) is 3.22. The average molecular weight is 387 g/mol. The van der Waals surface area contributed by atoms with Crippen molar-refractivity contribution in [1.29, 1.82) is 0 Å². The van der Waals surface area contributed by atoms with Crippen molar-refractivity contribution in [3.8, 4) is 0 Å². The van der Waals surface area contributed by atoms with Crippen LogP contribution in [0.2, 0.25) is 0 Å². The van der Waals surface area contributed by atoms with Crippen molar-refractivity contribution in [2.45, 2.75) is 25.6 Å². The molecule has 1 N–H and O–H groups in total. The van der Waals surface area contributed by atoms with Crippen LogP contribution < -0.4 is 5.32 Å². The predicted molar refractivity (Wildman–Crippen MR) is 113 cm³/mol. The van der Waals surface area contributed by atoms with Gasteiger partial charge in [0.25, 0.3) is 0 Å². The summed E-state index contributed by atoms with van der Waals surface area (Å²) in [5.41, 5.74) is 1.22. The number of rotatable bonds is 6. The van der Waals surface area contributed by atoms with E-state index in [1.807, 2.05) is 31.5 Å². The Morgan fingerprint density at radius 1 is 1.30 bits per heavy atom. The van der Waals surface area contributed by atoms with Crippen LogP contribution in [0.1, 0.15) is 23.4 Å². The molecule has 2 atom stereocenters. The molecule has 6 heteroatoms. The van der Waals surface area contributed by atoms with Crippen molar-refractivity contribution < 1.29 is 4.74 Å². The van der Waals surface area contributed by atoms with Gasteiger partial charge < -0.3 is 15.0 Å². The Hall–Kier alpha value is -1.89. The zero-order chi connectivity index (χ0) is 19.1. The largest absolute Gasteiger partial charge is 0.376 e. The Balaban J connectivity index is 1.68. The van der Waals surface area contributed by atoms with Gasteiger partial charge in [0, 0.05) is 38.6 Å². The Bertz CT molecular complexity index is 702. The van der Waals surface area contributed by atoms with Crippen molar-refractivity contribution in [3.05, 3.63) is 58.3 Å². The van der Waals surface area contributed by atoms with E-state index < -0.39 is 0 Å². The lowest BCUT2D eigenvalue weighted by molar-refractivity contribution is -0.0334. The van der Waals surface area contributed by atoms with Crippen LogP contribution in [0.3, 0.4) is 0 Å². The van der Waals surface area contributed by atoms with Gasteiger partial charge in [-0.05, 0) is 23.9 Å². The second-order valence-electron chi connectivity index (χ2n) is 7.11. The van der Waals surface area contributed by atoms with E-state index in [2.05, 4.69) is 63.8 Å². The molecule has 1 aromatic carbocycles. The van der Waals surface area contributed by atoms with Crippen molar-refractivity contribution in [1.82, 2.24) is 15.1 Å². The first-order valence-electron chi connectivity index (χ1n) is 9.52. The monoisotopic (exact) mass is 386 g/mol. The summed E-state index contributed by atoms with van der Waals surface area (Å²) >= 11 is 1.82. The van der Waals surface area contributed by atoms with Gasteiger partial charge >= 0.3 is 0 Å². The number of guanidine groups is 1. The molecule has 1 aliphatic rings. The fourth-order valence-electron chi connectivity index (χ4n) is 3.31. The zero-order valence-electron chi connectivity index (χ0n) is 16.5. The Kier molecular flexibility index (Phi) is 7.26. The summed E-state index contributed by atoms with van der Waals surface area (Å²) in [6.45, 7) is 6.39. The summed E-state index contributed by atoms with van der Waals surface area (Å²) in [7, 11) is 4.07. The van der Waals surface area contributed by atoms with Gasteiger partial charge in [0.15, 0.2) is 5.96 Å². The van der Waals surface area contributed by atoms with E-state index in [9.17, 15) is 0 Å². The van der Waals surface area contributed by atoms with Crippen LogP contribution in [-0.2, 0) is 11.3 Å². The highest BCUT2D eigenvalue weighted by atomic mass is 32.1. The fraction of sp³-hybridized carbons (Fsp3) is 0.476. The molecule has 2 heterocycles. The molecule has 0 radical (unpaired) electrons. The first-order chi connectivity index (χ1) is 13.1. The highest BCUT2D eigenvalue weighted by molar-refractivity contribution is 7.10. The van der Waals surface area contributed by atoms with E-state index in [0.29, 0.717) is 12.6 Å². The van der Waals surface area contributed by atoms with Gasteiger partial charge in [-0.3, -0.25) is 4.90 Å². The molecular weight excluding hydrogens is 356 g/mol. The summed E-state index contributed by atoms with van der Waals surface area (Å²) in [5, 5.41) is 5.75. The van der Waals surface area contributed by atoms with Crippen molar-refractivity contribution >= 4 is 17.3 Å². The first-order valence-corrected chi connectivity index (χ1v) is 10.4. The second-order valence-corrected chi connectivity index (χ2v) is 8.09. The van der Waals surface area contributed by atoms with E-state index >= 15 is 0 Å². The number of aliphatic imine (C=N–C) groups is 1. The van der Waals surface area contributed by atoms with Gasteiger partial charge in [-0.2, -0.15) is 0 Å². The molecule has 146 valence electrons. The molecule has 0 aliphatic carbocycles. The van der Waals surface area contributed by atoms with Crippen LogP contribution in [0.15, 0.2) is 52.8 Å². The highest BCUT2D eigenvalue weighted by Crippen LogP contribution is 2.26. The third-order valence-corrected chi connectivity index (χ3v) is 5.69. The van der Waals surface area contributed by atoms with Gasteiger partial charge in [0.1, 0.15) is 0 Å². The molecule has 1 aromatic heterocycles. The molecular formula is C21H30N4OS. The van der Waals surface area contributed by atoms with E-state index in [1.54, 1.807) is 0 Å². The van der Waals surface area contributed by atoms with Crippen molar-refractivity contribution in [2.75, 3.05) is 40.3 Å². The number of thiophene rings is 1. The summed E-state index contributed by atoms with van der Waals surface area (Å²) < 4.78 is 5.74. The summed E-state index contributed by atoms with van der Waals surface area (Å²) in [6.07, 6.45) is 0.279. The van der Waals surface area contributed by atoms with Crippen molar-refractivity contribution in [2.24, 2.45) is 4.99 Å². The molecule has 0 spiro atoms. The Morgan fingerprint density at radius 2 is 2.11 bits per heavy atom. The van der Waals surface area contributed by atoms with Crippen LogP contribution in [0.5, 0.6) is 0 Å². The summed E-state index contributed by atoms with van der Waals surface area (Å²) in [6, 6.07) is 15.1. The number of benzene rings is 1. The van der Waals surface area contributed by atoms with Gasteiger partial charge in [0.2, 0.25) is 0 Å². The lowest BCUT2D eigenvalue weighted by atomic mass is 10.1. The molecule has 1 saturated heterocycles. The molecule has 5 nitrogen and oxygen atoms in total. The number of ether oxygens (including phenoxy) is 1. The van der Waals surface area contributed by atoms with Crippen LogP contribution in [0.4, 0.5) is 0 Å². The van der Waals surface area contributed by atoms with Gasteiger partial charge in [-0.25, -0.2) is 4.99 Å². The first kappa shape index (κ1) is 19.9. The number of hydrogen-bond acceptors (Lipinski definition) is 4. The molecule has 1 aliphatic heterocycles. The topological polar surface area (TPSA) is 40.1 Å². The minimum Gasteiger partial charge on any atom is -0.376 e. The lowest BCUT2D eigenvalue weighted by Crippen LogP contribution is -2.47. The molecule has 2 unspecified atom stereocenters. The van der Waals surface area contributed by atoms with Crippen LogP contribution in [0, 0.1) is 0 Å². The maximum atomic E-state index is 5.74. The van der Waals surface area contributed by atoms with Crippen LogP contribution in [0.25, 0.3) is 0 Å². The van der Waals surface area contributed by atoms with Crippen LogP contribution in [-0.4, -0.2) is 62.2 Å². The van der Waals surface area contributed by atoms with Crippen LogP contribution >= 0.6 is 11.3 Å². The van der Waals surface area contributed by atoms with Gasteiger partial charge in [0.05, 0.1) is 25.3 Å². The smallest absolute Gasteiger partial charge is 0.193 e. The SMILES string of the molecule is CC1CN(C(CNC(=NCc2ccccc2)N(C)C)c2cccs2)CCO1. The highest BCUT2D eigenvalue weighted by Gasteiger charge is 2.26. The number of morpholine rings is 1. The molecule has 2 aromatic rings. The summed E-state index contributed by atoms with van der Waals surface area (Å²) in [5.74, 6) is 0.918. The molecule has 3 rings (SSSR count). The molecule has 0 saturated carbocycles. The van der Waals surface area contributed by atoms with E-state index in [-0.39, 0.29) is 6.10 Å². The standard InChI is InChI=1S/C21H30N4OS/c1-17-16-25(11-12-26-17)19(20-10-7-13-27-20)15-23-21(24(2)3)22-14-18-8-5-4-6-9-18/h4-10,13,17,19H,11-12,14-16H2,1-3H3,(H,22,23). The minimum atomic E-state index is 0.279. The zero-order valence-corrected chi connectivity index (χ0v) is 17.3. The molecule has 0 bridgehead atoms.